The zero-order valence-electron chi connectivity index (χ0n) is 20.4. The van der Waals surface area contributed by atoms with Gasteiger partial charge in [-0.15, -0.1) is 0 Å². The molecule has 7 nitrogen and oxygen atoms in total. The van der Waals surface area contributed by atoms with Crippen LogP contribution in [0.1, 0.15) is 48.5 Å². The highest BCUT2D eigenvalue weighted by Gasteiger charge is 2.30. The van der Waals surface area contributed by atoms with Crippen LogP contribution in [0.25, 0.3) is 10.2 Å². The first-order valence-electron chi connectivity index (χ1n) is 12.3. The number of nitrogens with zero attached hydrogens (tertiary/aromatic N) is 3. The third-order valence-electron chi connectivity index (χ3n) is 7.10. The van der Waals surface area contributed by atoms with E-state index in [1.807, 2.05) is 19.1 Å². The number of carbonyl (C=O) groups excluding carboxylic acids is 1. The number of thiazole rings is 1. The highest BCUT2D eigenvalue weighted by atomic mass is 35.5. The summed E-state index contributed by atoms with van der Waals surface area (Å²) in [6.07, 6.45) is 3.50. The van der Waals surface area contributed by atoms with Crippen LogP contribution in [0, 0.1) is 12.8 Å². The average Bonchev–Trinajstić information content (AvgIpc) is 3.55. The van der Waals surface area contributed by atoms with Crippen molar-refractivity contribution >= 4 is 54.2 Å². The minimum absolute atomic E-state index is 0.0632. The summed E-state index contributed by atoms with van der Waals surface area (Å²) in [5.74, 6) is 0.303. The van der Waals surface area contributed by atoms with Crippen molar-refractivity contribution in [3.8, 4) is 0 Å². The smallest absolute Gasteiger partial charge is 0.260 e. The number of ether oxygens (including phenoxy) is 1. The molecule has 5 rings (SSSR count). The molecule has 0 spiro atoms. The molecule has 0 aliphatic carbocycles. The van der Waals surface area contributed by atoms with Crippen LogP contribution >= 0.6 is 22.9 Å². The number of hydrogen-bond donors (Lipinski definition) is 0. The third-order valence-corrected chi connectivity index (χ3v) is 10.5. The topological polar surface area (TPSA) is 79.8 Å². The summed E-state index contributed by atoms with van der Waals surface area (Å²) >= 11 is 7.74. The lowest BCUT2D eigenvalue weighted by molar-refractivity contribution is 0.0917. The lowest BCUT2D eigenvalue weighted by atomic mass is 10.0. The first-order valence-corrected chi connectivity index (χ1v) is 15.0. The van der Waals surface area contributed by atoms with Crippen LogP contribution in [-0.4, -0.2) is 56.0 Å². The van der Waals surface area contributed by atoms with Gasteiger partial charge in [0.05, 0.1) is 27.8 Å². The van der Waals surface area contributed by atoms with E-state index >= 15 is 0 Å². The fourth-order valence-electron chi connectivity index (χ4n) is 4.74. The molecule has 0 saturated carbocycles. The van der Waals surface area contributed by atoms with Crippen LogP contribution in [0.4, 0.5) is 5.13 Å². The molecular formula is C26H30ClN3O4S2. The number of hydrogen-bond acceptors (Lipinski definition) is 6. The van der Waals surface area contributed by atoms with Crippen molar-refractivity contribution in [2.75, 3.05) is 31.1 Å². The number of piperidine rings is 1. The van der Waals surface area contributed by atoms with Gasteiger partial charge in [-0.05, 0) is 80.5 Å². The van der Waals surface area contributed by atoms with Gasteiger partial charge in [-0.2, -0.15) is 4.31 Å². The van der Waals surface area contributed by atoms with E-state index in [9.17, 15) is 13.2 Å². The van der Waals surface area contributed by atoms with Crippen molar-refractivity contribution in [1.82, 2.24) is 9.29 Å². The van der Waals surface area contributed by atoms with Gasteiger partial charge in [0.25, 0.3) is 5.91 Å². The summed E-state index contributed by atoms with van der Waals surface area (Å²) in [6, 6.07) is 10.0. The van der Waals surface area contributed by atoms with E-state index in [0.717, 1.165) is 41.5 Å². The summed E-state index contributed by atoms with van der Waals surface area (Å²) in [4.78, 5) is 20.3. The predicted molar refractivity (Wildman–Crippen MR) is 144 cm³/mol. The molecule has 1 aromatic heterocycles. The molecule has 192 valence electrons. The highest BCUT2D eigenvalue weighted by molar-refractivity contribution is 7.89. The first kappa shape index (κ1) is 25.6. The average molecular weight is 548 g/mol. The molecule has 2 aliphatic heterocycles. The summed E-state index contributed by atoms with van der Waals surface area (Å²) in [7, 11) is -3.58. The van der Waals surface area contributed by atoms with Gasteiger partial charge in [-0.3, -0.25) is 9.69 Å². The third kappa shape index (κ3) is 5.04. The second-order valence-corrected chi connectivity index (χ2v) is 13.0. The van der Waals surface area contributed by atoms with E-state index in [4.69, 9.17) is 21.3 Å². The Morgan fingerprint density at radius 1 is 1.17 bits per heavy atom. The fourth-order valence-corrected chi connectivity index (χ4v) is 7.40. The molecule has 1 unspecified atom stereocenters. The molecule has 1 amide bonds. The number of fused-ring (bicyclic) bond motifs is 1. The van der Waals surface area contributed by atoms with Gasteiger partial charge >= 0.3 is 0 Å². The van der Waals surface area contributed by atoms with Crippen LogP contribution in [0.2, 0.25) is 5.02 Å². The summed E-state index contributed by atoms with van der Waals surface area (Å²) in [6.45, 7) is 6.19. The fraction of sp³-hybridized carbons (Fsp3) is 0.462. The molecule has 0 N–H and O–H groups in total. The van der Waals surface area contributed by atoms with Crippen molar-refractivity contribution in [3.05, 3.63) is 52.5 Å². The van der Waals surface area contributed by atoms with Crippen LogP contribution in [-0.2, 0) is 14.8 Å². The number of carbonyl (C=O) groups is 1. The molecule has 0 radical (unpaired) electrons. The minimum Gasteiger partial charge on any atom is -0.376 e. The Balaban J connectivity index is 1.43. The molecule has 0 bridgehead atoms. The number of amides is 1. The standard InChI is InChI=1S/C26H30ClN3O4S2/c1-17-11-13-29(14-12-17)36(32,33)21-7-5-19(6-8-21)25(31)30(16-20-4-3-15-34-20)26-28-24-18(2)22(27)9-10-23(24)35-26/h5-10,17,20H,3-4,11-16H2,1-2H3. The van der Waals surface area contributed by atoms with Crippen LogP contribution < -0.4 is 4.90 Å². The van der Waals surface area contributed by atoms with Crippen molar-refractivity contribution in [1.29, 1.82) is 0 Å². The van der Waals surface area contributed by atoms with Gasteiger partial charge in [0.15, 0.2) is 5.13 Å². The van der Waals surface area contributed by atoms with Gasteiger partial charge in [-0.25, -0.2) is 13.4 Å². The number of anilines is 1. The Hall–Kier alpha value is -2.04. The maximum absolute atomic E-state index is 13.7. The van der Waals surface area contributed by atoms with Gasteiger partial charge < -0.3 is 4.74 Å². The van der Waals surface area contributed by atoms with Crippen molar-refractivity contribution < 1.29 is 17.9 Å². The number of rotatable bonds is 6. The maximum Gasteiger partial charge on any atom is 0.260 e. The van der Waals surface area contributed by atoms with Gasteiger partial charge in [0, 0.05) is 30.3 Å². The van der Waals surface area contributed by atoms with E-state index < -0.39 is 10.0 Å². The zero-order chi connectivity index (χ0) is 25.4. The molecule has 3 heterocycles. The lowest BCUT2D eigenvalue weighted by Gasteiger charge is -2.29. The normalized spacial score (nSPS) is 19.7. The van der Waals surface area contributed by atoms with E-state index in [2.05, 4.69) is 6.92 Å². The Bertz CT molecular complexity index is 1360. The highest BCUT2D eigenvalue weighted by Crippen LogP contribution is 2.35. The van der Waals surface area contributed by atoms with Crippen LogP contribution in [0.5, 0.6) is 0 Å². The molecule has 36 heavy (non-hydrogen) atoms. The molecule has 2 saturated heterocycles. The summed E-state index contributed by atoms with van der Waals surface area (Å²) in [5.41, 5.74) is 2.07. The van der Waals surface area contributed by atoms with E-state index in [0.29, 0.717) is 47.9 Å². The Kier molecular flexibility index (Phi) is 7.38. The largest absolute Gasteiger partial charge is 0.376 e. The predicted octanol–water partition coefficient (Wildman–Crippen LogP) is 5.50. The molecule has 2 aromatic carbocycles. The number of halogens is 1. The number of aryl methyl sites for hydroxylation is 1. The van der Waals surface area contributed by atoms with Gasteiger partial charge in [0.2, 0.25) is 10.0 Å². The summed E-state index contributed by atoms with van der Waals surface area (Å²) in [5, 5.41) is 1.21. The molecule has 3 aromatic rings. The molecule has 10 heteroatoms. The van der Waals surface area contributed by atoms with Crippen molar-refractivity contribution in [2.24, 2.45) is 5.92 Å². The molecule has 2 aliphatic rings. The molecular weight excluding hydrogens is 518 g/mol. The van der Waals surface area contributed by atoms with Crippen molar-refractivity contribution in [3.63, 3.8) is 0 Å². The monoisotopic (exact) mass is 547 g/mol. The van der Waals surface area contributed by atoms with Crippen LogP contribution in [0.3, 0.4) is 0 Å². The maximum atomic E-state index is 13.7. The van der Waals surface area contributed by atoms with Crippen LogP contribution in [0.15, 0.2) is 41.3 Å². The molecule has 1 atom stereocenters. The van der Waals surface area contributed by atoms with E-state index in [-0.39, 0.29) is 16.9 Å². The van der Waals surface area contributed by atoms with Gasteiger partial charge in [0.1, 0.15) is 0 Å². The quantitative estimate of drug-likeness (QED) is 0.407. The SMILES string of the molecule is Cc1c(Cl)ccc2sc(N(CC3CCCO3)C(=O)c3ccc(S(=O)(=O)N4CCC(C)CC4)cc3)nc12. The Morgan fingerprint density at radius 2 is 1.89 bits per heavy atom. The number of sulfonamides is 1. The number of benzene rings is 2. The first-order chi connectivity index (χ1) is 17.2. The summed E-state index contributed by atoms with van der Waals surface area (Å²) < 4.78 is 34.5. The second-order valence-electron chi connectivity index (χ2n) is 9.68. The zero-order valence-corrected chi connectivity index (χ0v) is 22.8. The van der Waals surface area contributed by atoms with E-state index in [1.54, 1.807) is 21.3 Å². The number of aromatic nitrogens is 1. The van der Waals surface area contributed by atoms with E-state index in [1.165, 1.54) is 23.5 Å². The Labute approximate surface area is 221 Å². The lowest BCUT2D eigenvalue weighted by Crippen LogP contribution is -2.38. The minimum atomic E-state index is -3.58. The van der Waals surface area contributed by atoms with Crippen molar-refractivity contribution in [2.45, 2.75) is 50.5 Å². The Morgan fingerprint density at radius 3 is 2.56 bits per heavy atom. The molecule has 2 fully saturated rings. The second kappa shape index (κ2) is 10.4. The van der Waals surface area contributed by atoms with Gasteiger partial charge in [-0.1, -0.05) is 29.9 Å².